The third kappa shape index (κ3) is 4.31. The van der Waals surface area contributed by atoms with Crippen molar-refractivity contribution >= 4 is 11.8 Å². The number of piperidine rings is 2. The first-order valence-corrected chi connectivity index (χ1v) is 10.1. The van der Waals surface area contributed by atoms with Gasteiger partial charge in [-0.25, -0.2) is 4.39 Å². The molecular formula is C21H25FN4O3. The lowest BCUT2D eigenvalue weighted by Crippen LogP contribution is -2.46. The van der Waals surface area contributed by atoms with Crippen LogP contribution >= 0.6 is 0 Å². The van der Waals surface area contributed by atoms with Gasteiger partial charge in [-0.2, -0.15) is 0 Å². The predicted octanol–water partition coefficient (Wildman–Crippen LogP) is 2.84. The highest BCUT2D eigenvalue weighted by molar-refractivity contribution is 5.80. The van der Waals surface area contributed by atoms with Crippen molar-refractivity contribution in [3.63, 3.8) is 0 Å². The summed E-state index contributed by atoms with van der Waals surface area (Å²) < 4.78 is 18.9. The molecule has 2 aromatic rings. The zero-order valence-corrected chi connectivity index (χ0v) is 16.5. The molecule has 0 saturated carbocycles. The molecular weight excluding hydrogens is 375 g/mol. The number of hydrogen-bond acceptors (Lipinski definition) is 5. The zero-order valence-electron chi connectivity index (χ0n) is 16.5. The molecule has 3 heterocycles. The van der Waals surface area contributed by atoms with E-state index in [0.717, 1.165) is 25.7 Å². The van der Waals surface area contributed by atoms with Crippen LogP contribution < -0.4 is 0 Å². The highest BCUT2D eigenvalue weighted by Crippen LogP contribution is 2.31. The van der Waals surface area contributed by atoms with Gasteiger partial charge in [0.15, 0.2) is 0 Å². The molecule has 7 nitrogen and oxygen atoms in total. The Balaban J connectivity index is 1.31. The Morgan fingerprint density at radius 2 is 1.59 bits per heavy atom. The standard InChI is InChI=1S/C21H25FN4O3/c1-14(27)25-10-8-17(9-11-25)21(28)26-12-6-16(7-13-26)20-24-23-19(29-20)15-2-4-18(22)5-3-15/h2-5,16-17H,6-13H2,1H3. The van der Waals surface area contributed by atoms with Crippen LogP contribution in [0.15, 0.2) is 28.7 Å². The smallest absolute Gasteiger partial charge is 0.247 e. The monoisotopic (exact) mass is 400 g/mol. The number of halogens is 1. The van der Waals surface area contributed by atoms with E-state index >= 15 is 0 Å². The molecule has 1 aromatic carbocycles. The Morgan fingerprint density at radius 1 is 0.966 bits per heavy atom. The average molecular weight is 400 g/mol. The Bertz CT molecular complexity index is 866. The quantitative estimate of drug-likeness (QED) is 0.792. The molecule has 0 atom stereocenters. The van der Waals surface area contributed by atoms with E-state index in [0.29, 0.717) is 43.5 Å². The third-order valence-electron chi connectivity index (χ3n) is 5.98. The summed E-state index contributed by atoms with van der Waals surface area (Å²) in [4.78, 5) is 28.0. The van der Waals surface area contributed by atoms with Crippen molar-refractivity contribution in [3.05, 3.63) is 36.0 Å². The molecule has 4 rings (SSSR count). The van der Waals surface area contributed by atoms with Crippen LogP contribution in [0.1, 0.15) is 44.4 Å². The summed E-state index contributed by atoms with van der Waals surface area (Å²) in [6, 6.07) is 5.96. The second kappa shape index (κ2) is 8.31. The molecule has 1 aromatic heterocycles. The molecule has 0 bridgehead atoms. The molecule has 0 spiro atoms. The number of hydrogen-bond donors (Lipinski definition) is 0. The summed E-state index contributed by atoms with van der Waals surface area (Å²) in [5.41, 5.74) is 0.690. The largest absolute Gasteiger partial charge is 0.420 e. The van der Waals surface area contributed by atoms with Gasteiger partial charge in [0.25, 0.3) is 0 Å². The second-order valence-electron chi connectivity index (χ2n) is 7.83. The first-order valence-electron chi connectivity index (χ1n) is 10.1. The topological polar surface area (TPSA) is 79.5 Å². The number of benzene rings is 1. The fourth-order valence-electron chi connectivity index (χ4n) is 4.16. The van der Waals surface area contributed by atoms with E-state index < -0.39 is 0 Å². The number of aromatic nitrogens is 2. The Morgan fingerprint density at radius 3 is 2.21 bits per heavy atom. The van der Waals surface area contributed by atoms with Gasteiger partial charge in [-0.3, -0.25) is 9.59 Å². The van der Waals surface area contributed by atoms with Crippen LogP contribution in [0.3, 0.4) is 0 Å². The fourth-order valence-corrected chi connectivity index (χ4v) is 4.16. The lowest BCUT2D eigenvalue weighted by Gasteiger charge is -2.36. The van der Waals surface area contributed by atoms with E-state index in [4.69, 9.17) is 4.42 Å². The van der Waals surface area contributed by atoms with Crippen LogP contribution in [0.2, 0.25) is 0 Å². The number of carbonyl (C=O) groups excluding carboxylic acids is 2. The molecule has 29 heavy (non-hydrogen) atoms. The predicted molar refractivity (Wildman–Crippen MR) is 103 cm³/mol. The van der Waals surface area contributed by atoms with Crippen LogP contribution in [0, 0.1) is 11.7 Å². The van der Waals surface area contributed by atoms with Gasteiger partial charge < -0.3 is 14.2 Å². The van der Waals surface area contributed by atoms with Crippen LogP contribution in [0.4, 0.5) is 4.39 Å². The highest BCUT2D eigenvalue weighted by Gasteiger charge is 2.33. The summed E-state index contributed by atoms with van der Waals surface area (Å²) in [7, 11) is 0. The van der Waals surface area contributed by atoms with Gasteiger partial charge in [0, 0.05) is 50.5 Å². The summed E-state index contributed by atoms with van der Waals surface area (Å²) in [6.45, 7) is 4.24. The van der Waals surface area contributed by atoms with Crippen molar-refractivity contribution in [3.8, 4) is 11.5 Å². The Labute approximate surface area is 168 Å². The first-order chi connectivity index (χ1) is 14.0. The van der Waals surface area contributed by atoms with Gasteiger partial charge in [0.1, 0.15) is 5.82 Å². The van der Waals surface area contributed by atoms with Crippen molar-refractivity contribution in [2.75, 3.05) is 26.2 Å². The molecule has 0 aliphatic carbocycles. The SMILES string of the molecule is CC(=O)N1CCC(C(=O)N2CCC(c3nnc(-c4ccc(F)cc4)o3)CC2)CC1. The molecule has 2 aliphatic rings. The number of likely N-dealkylation sites (tertiary alicyclic amines) is 2. The fraction of sp³-hybridized carbons (Fsp3) is 0.524. The van der Waals surface area contributed by atoms with E-state index in [1.807, 2.05) is 9.80 Å². The van der Waals surface area contributed by atoms with Crippen LogP contribution in [0.25, 0.3) is 11.5 Å². The van der Waals surface area contributed by atoms with E-state index in [2.05, 4.69) is 10.2 Å². The number of carbonyl (C=O) groups is 2. The number of nitrogens with zero attached hydrogens (tertiary/aromatic N) is 4. The Hall–Kier alpha value is -2.77. The number of rotatable bonds is 3. The van der Waals surface area contributed by atoms with Gasteiger partial charge in [-0.1, -0.05) is 0 Å². The van der Waals surface area contributed by atoms with Gasteiger partial charge in [0.2, 0.25) is 23.6 Å². The Kier molecular flexibility index (Phi) is 5.60. The van der Waals surface area contributed by atoms with Crippen molar-refractivity contribution in [1.29, 1.82) is 0 Å². The third-order valence-corrected chi connectivity index (χ3v) is 5.98. The molecule has 2 fully saturated rings. The summed E-state index contributed by atoms with van der Waals surface area (Å²) in [5.74, 6) is 1.07. The van der Waals surface area contributed by atoms with E-state index in [9.17, 15) is 14.0 Å². The normalized spacial score (nSPS) is 18.8. The van der Waals surface area contributed by atoms with E-state index in [-0.39, 0.29) is 29.5 Å². The minimum Gasteiger partial charge on any atom is -0.420 e. The minimum atomic E-state index is -0.308. The maximum atomic E-state index is 13.1. The first kappa shape index (κ1) is 19.5. The summed E-state index contributed by atoms with van der Waals surface area (Å²) >= 11 is 0. The molecule has 2 aliphatic heterocycles. The molecule has 0 radical (unpaired) electrons. The lowest BCUT2D eigenvalue weighted by molar-refractivity contribution is -0.141. The van der Waals surface area contributed by atoms with Crippen molar-refractivity contribution in [1.82, 2.24) is 20.0 Å². The van der Waals surface area contributed by atoms with Crippen LogP contribution in [-0.2, 0) is 9.59 Å². The maximum Gasteiger partial charge on any atom is 0.247 e. The minimum absolute atomic E-state index is 0.00985. The van der Waals surface area contributed by atoms with Crippen molar-refractivity contribution < 1.29 is 18.4 Å². The summed E-state index contributed by atoms with van der Waals surface area (Å²) in [5, 5.41) is 8.26. The van der Waals surface area contributed by atoms with Crippen LogP contribution in [-0.4, -0.2) is 58.0 Å². The van der Waals surface area contributed by atoms with E-state index in [1.165, 1.54) is 12.1 Å². The number of amides is 2. The van der Waals surface area contributed by atoms with Gasteiger partial charge >= 0.3 is 0 Å². The molecule has 2 amide bonds. The van der Waals surface area contributed by atoms with Crippen molar-refractivity contribution in [2.45, 2.75) is 38.5 Å². The zero-order chi connectivity index (χ0) is 20.4. The van der Waals surface area contributed by atoms with Gasteiger partial charge in [0.05, 0.1) is 0 Å². The van der Waals surface area contributed by atoms with Crippen LogP contribution in [0.5, 0.6) is 0 Å². The molecule has 8 heteroatoms. The molecule has 2 saturated heterocycles. The summed E-state index contributed by atoms with van der Waals surface area (Å²) in [6.07, 6.45) is 3.04. The average Bonchev–Trinajstić information content (AvgIpc) is 3.24. The molecule has 154 valence electrons. The lowest BCUT2D eigenvalue weighted by atomic mass is 9.92. The highest BCUT2D eigenvalue weighted by atomic mass is 19.1. The molecule has 0 N–H and O–H groups in total. The molecule has 0 unspecified atom stereocenters. The van der Waals surface area contributed by atoms with Gasteiger partial charge in [-0.15, -0.1) is 10.2 Å². The second-order valence-corrected chi connectivity index (χ2v) is 7.83. The maximum absolute atomic E-state index is 13.1. The van der Waals surface area contributed by atoms with Gasteiger partial charge in [-0.05, 0) is 49.9 Å². The van der Waals surface area contributed by atoms with Crippen molar-refractivity contribution in [2.24, 2.45) is 5.92 Å². The van der Waals surface area contributed by atoms with E-state index in [1.54, 1.807) is 19.1 Å².